The molecule has 150 valence electrons. The molecule has 0 saturated heterocycles. The van der Waals surface area contributed by atoms with Crippen molar-refractivity contribution in [3.63, 3.8) is 0 Å². The minimum absolute atomic E-state index is 0.00704. The van der Waals surface area contributed by atoms with Crippen LogP contribution in [0, 0.1) is 0 Å². The molecule has 4 rings (SSSR count). The van der Waals surface area contributed by atoms with Crippen LogP contribution in [-0.4, -0.2) is 23.3 Å². The lowest BCUT2D eigenvalue weighted by Crippen LogP contribution is -2.04. The van der Waals surface area contributed by atoms with Crippen LogP contribution >= 0.6 is 11.6 Å². The number of halogens is 1. The van der Waals surface area contributed by atoms with Crippen molar-refractivity contribution in [3.8, 4) is 11.4 Å². The largest absolute Gasteiger partial charge is 0.502 e. The summed E-state index contributed by atoms with van der Waals surface area (Å²) in [5.41, 5.74) is 0.877. The summed E-state index contributed by atoms with van der Waals surface area (Å²) in [5.74, 6) is -0.728. The molecule has 1 aromatic heterocycles. The van der Waals surface area contributed by atoms with Crippen LogP contribution in [0.25, 0.3) is 5.69 Å². The van der Waals surface area contributed by atoms with Gasteiger partial charge in [0.2, 0.25) is 26.4 Å². The molecule has 0 bridgehead atoms. The molecule has 0 atom stereocenters. The maximum Gasteiger partial charge on any atom is 0.229 e. The van der Waals surface area contributed by atoms with E-state index in [-0.39, 0.29) is 10.7 Å². The third-order valence-electron chi connectivity index (χ3n) is 4.22. The molecule has 0 unspecified atom stereocenters. The normalized spacial score (nSPS) is 11.8. The Morgan fingerprint density at radius 3 is 2.10 bits per heavy atom. The highest BCUT2D eigenvalue weighted by Gasteiger charge is 2.30. The van der Waals surface area contributed by atoms with Gasteiger partial charge in [0, 0.05) is 0 Å². The quantitative estimate of drug-likeness (QED) is 0.417. The van der Waals surface area contributed by atoms with Gasteiger partial charge >= 0.3 is 0 Å². The minimum atomic E-state index is -4.08. The minimum Gasteiger partial charge on any atom is -0.502 e. The Bertz CT molecular complexity index is 1320. The molecular formula is C21H15ClN4O3S. The van der Waals surface area contributed by atoms with Gasteiger partial charge < -0.3 is 5.11 Å². The molecule has 0 fully saturated rings. The summed E-state index contributed by atoms with van der Waals surface area (Å²) in [5, 5.41) is 22.9. The first kappa shape index (κ1) is 19.8. The first-order chi connectivity index (χ1) is 14.5. The van der Waals surface area contributed by atoms with E-state index in [0.29, 0.717) is 16.4 Å². The zero-order valence-corrected chi connectivity index (χ0v) is 17.0. The first-order valence-corrected chi connectivity index (χ1v) is 10.7. The number of hydrogen-bond acceptors (Lipinski definition) is 6. The summed E-state index contributed by atoms with van der Waals surface area (Å²) < 4.78 is 27.3. The van der Waals surface area contributed by atoms with E-state index in [1.54, 1.807) is 72.8 Å². The molecule has 0 aliphatic heterocycles. The van der Waals surface area contributed by atoms with Crippen molar-refractivity contribution in [2.24, 2.45) is 10.2 Å². The number of rotatable bonds is 5. The molecule has 0 amide bonds. The highest BCUT2D eigenvalue weighted by Crippen LogP contribution is 2.39. The van der Waals surface area contributed by atoms with E-state index >= 15 is 0 Å². The fourth-order valence-electron chi connectivity index (χ4n) is 2.75. The number of para-hydroxylation sites is 1. The summed E-state index contributed by atoms with van der Waals surface area (Å²) in [6.45, 7) is 0. The summed E-state index contributed by atoms with van der Waals surface area (Å²) in [7, 11) is -4.08. The van der Waals surface area contributed by atoms with Crippen molar-refractivity contribution in [3.05, 3.63) is 90.0 Å². The fraction of sp³-hybridized carbons (Fsp3) is 0. The van der Waals surface area contributed by atoms with E-state index in [1.807, 2.05) is 0 Å². The molecule has 0 spiro atoms. The van der Waals surface area contributed by atoms with Crippen LogP contribution in [0.1, 0.15) is 0 Å². The van der Waals surface area contributed by atoms with Gasteiger partial charge in [-0.25, -0.2) is 13.1 Å². The number of benzene rings is 3. The van der Waals surface area contributed by atoms with Crippen molar-refractivity contribution >= 4 is 32.9 Å². The van der Waals surface area contributed by atoms with E-state index in [2.05, 4.69) is 15.3 Å². The molecule has 0 saturated carbocycles. The lowest BCUT2D eigenvalue weighted by Gasteiger charge is -2.03. The van der Waals surface area contributed by atoms with E-state index in [0.717, 1.165) is 0 Å². The number of hydrogen-bond donors (Lipinski definition) is 1. The van der Waals surface area contributed by atoms with Gasteiger partial charge in [0.05, 0.1) is 15.6 Å². The van der Waals surface area contributed by atoms with Gasteiger partial charge in [-0.05, 0) is 36.4 Å². The van der Waals surface area contributed by atoms with E-state index in [9.17, 15) is 13.5 Å². The van der Waals surface area contributed by atoms with Crippen molar-refractivity contribution in [2.75, 3.05) is 0 Å². The second-order valence-electron chi connectivity index (χ2n) is 6.19. The smallest absolute Gasteiger partial charge is 0.229 e. The van der Waals surface area contributed by atoms with Gasteiger partial charge in [-0.3, -0.25) is 0 Å². The lowest BCUT2D eigenvalue weighted by molar-refractivity contribution is 0.459. The van der Waals surface area contributed by atoms with Crippen LogP contribution in [-0.2, 0) is 9.84 Å². The Morgan fingerprint density at radius 1 is 0.833 bits per heavy atom. The number of aromatic hydroxyl groups is 1. The highest BCUT2D eigenvalue weighted by molar-refractivity contribution is 7.91. The number of aromatic nitrogens is 2. The highest BCUT2D eigenvalue weighted by atomic mass is 35.5. The molecule has 3 aromatic carbocycles. The Hall–Kier alpha value is -3.49. The van der Waals surface area contributed by atoms with Crippen molar-refractivity contribution < 1.29 is 13.5 Å². The average Bonchev–Trinajstić information content (AvgIpc) is 3.11. The van der Waals surface area contributed by atoms with Crippen molar-refractivity contribution in [1.82, 2.24) is 9.78 Å². The van der Waals surface area contributed by atoms with Crippen LogP contribution in [0.15, 0.2) is 105 Å². The molecule has 7 nitrogen and oxygen atoms in total. The van der Waals surface area contributed by atoms with Crippen molar-refractivity contribution in [1.29, 1.82) is 0 Å². The Kier molecular flexibility index (Phi) is 5.35. The second kappa shape index (κ2) is 8.10. The SMILES string of the molecule is O=S(=O)(c1ccccc1)c1nn(-c2ccccc2)c(N=Nc2ccccc2Cl)c1O. The van der Waals surface area contributed by atoms with Crippen LogP contribution < -0.4 is 0 Å². The zero-order valence-electron chi connectivity index (χ0n) is 15.4. The topological polar surface area (TPSA) is 96.9 Å². The number of nitrogens with zero attached hydrogens (tertiary/aromatic N) is 4. The van der Waals surface area contributed by atoms with Gasteiger partial charge in [-0.1, -0.05) is 60.1 Å². The monoisotopic (exact) mass is 438 g/mol. The number of sulfone groups is 1. The van der Waals surface area contributed by atoms with Gasteiger partial charge in [-0.2, -0.15) is 0 Å². The molecule has 9 heteroatoms. The predicted molar refractivity (Wildman–Crippen MR) is 113 cm³/mol. The summed E-state index contributed by atoms with van der Waals surface area (Å²) in [6, 6.07) is 23.3. The standard InChI is InChI=1S/C21H15ClN4O3S/c22-17-13-7-8-14-18(17)23-24-20-19(27)21(25-26(20)15-9-3-1-4-10-15)30(28,29)16-11-5-2-6-12-16/h1-14,27H. The third-order valence-corrected chi connectivity index (χ3v) is 6.22. The van der Waals surface area contributed by atoms with Crippen LogP contribution in [0.5, 0.6) is 5.75 Å². The lowest BCUT2D eigenvalue weighted by atomic mass is 10.3. The maximum atomic E-state index is 13.1. The molecule has 0 radical (unpaired) electrons. The molecular weight excluding hydrogens is 424 g/mol. The summed E-state index contributed by atoms with van der Waals surface area (Å²) in [6.07, 6.45) is 0. The molecule has 30 heavy (non-hydrogen) atoms. The average molecular weight is 439 g/mol. The Morgan fingerprint density at radius 2 is 1.43 bits per heavy atom. The Balaban J connectivity index is 1.90. The van der Waals surface area contributed by atoms with Gasteiger partial charge in [0.25, 0.3) is 0 Å². The summed E-state index contributed by atoms with van der Waals surface area (Å²) >= 11 is 6.11. The number of azo groups is 1. The van der Waals surface area contributed by atoms with E-state index in [4.69, 9.17) is 11.6 Å². The second-order valence-corrected chi connectivity index (χ2v) is 8.46. The van der Waals surface area contributed by atoms with Gasteiger partial charge in [0.1, 0.15) is 5.69 Å². The third kappa shape index (κ3) is 3.70. The Labute approximate surface area is 177 Å². The molecule has 1 heterocycles. The first-order valence-electron chi connectivity index (χ1n) is 8.82. The van der Waals surface area contributed by atoms with Gasteiger partial charge in [0.15, 0.2) is 0 Å². The zero-order chi connectivity index (χ0) is 21.1. The molecule has 0 aliphatic carbocycles. The van der Waals surface area contributed by atoms with E-state index < -0.39 is 20.6 Å². The molecule has 4 aromatic rings. The molecule has 0 aliphatic rings. The van der Waals surface area contributed by atoms with Crippen LogP contribution in [0.4, 0.5) is 11.5 Å². The summed E-state index contributed by atoms with van der Waals surface area (Å²) in [4.78, 5) is 0.00704. The van der Waals surface area contributed by atoms with Crippen LogP contribution in [0.2, 0.25) is 5.02 Å². The fourth-order valence-corrected chi connectivity index (χ4v) is 4.19. The van der Waals surface area contributed by atoms with Crippen LogP contribution in [0.3, 0.4) is 0 Å². The predicted octanol–water partition coefficient (Wildman–Crippen LogP) is 5.48. The van der Waals surface area contributed by atoms with Crippen molar-refractivity contribution in [2.45, 2.75) is 9.92 Å². The maximum absolute atomic E-state index is 13.1. The van der Waals surface area contributed by atoms with Gasteiger partial charge in [-0.15, -0.1) is 15.3 Å². The van der Waals surface area contributed by atoms with E-state index in [1.165, 1.54) is 16.8 Å². The molecule has 1 N–H and O–H groups in total.